The van der Waals surface area contributed by atoms with Crippen LogP contribution in [0.5, 0.6) is 5.75 Å². The fraction of sp³-hybridized carbons (Fsp3) is 0.500. The molecule has 0 aliphatic carbocycles. The van der Waals surface area contributed by atoms with Crippen LogP contribution in [0.2, 0.25) is 0 Å². The molecule has 0 aromatic heterocycles. The van der Waals surface area contributed by atoms with Gasteiger partial charge in [-0.25, -0.2) is 0 Å². The lowest BCUT2D eigenvalue weighted by atomic mass is 9.92. The summed E-state index contributed by atoms with van der Waals surface area (Å²) >= 11 is 0. The molecule has 0 bridgehead atoms. The Bertz CT molecular complexity index is 381. The third kappa shape index (κ3) is 3.30. The zero-order chi connectivity index (χ0) is 12.1. The van der Waals surface area contributed by atoms with E-state index in [-0.39, 0.29) is 5.78 Å². The fourth-order valence-corrected chi connectivity index (χ4v) is 2.13. The molecule has 2 rings (SSSR count). The number of ketones is 1. The molecule has 92 valence electrons. The van der Waals surface area contributed by atoms with Gasteiger partial charge in [0, 0.05) is 25.2 Å². The van der Waals surface area contributed by atoms with Gasteiger partial charge in [-0.3, -0.25) is 4.79 Å². The van der Waals surface area contributed by atoms with Crippen LogP contribution < -0.4 is 4.74 Å². The maximum atomic E-state index is 12.1. The minimum atomic E-state index is 0.204. The Labute approximate surface area is 102 Å². The van der Waals surface area contributed by atoms with Gasteiger partial charge in [0.1, 0.15) is 5.75 Å². The molecule has 1 aliphatic heterocycles. The highest BCUT2D eigenvalue weighted by Gasteiger charge is 2.18. The molecular formula is C14H18O3. The molecule has 0 radical (unpaired) electrons. The zero-order valence-electron chi connectivity index (χ0n) is 10.1. The second-order valence-corrected chi connectivity index (χ2v) is 4.42. The first-order chi connectivity index (χ1) is 8.29. The number of Topliss-reactive ketones (excluding diaryl/α,β-unsaturated/α-hetero) is 1. The van der Waals surface area contributed by atoms with E-state index in [2.05, 4.69) is 0 Å². The van der Waals surface area contributed by atoms with Crippen LogP contribution in [-0.2, 0) is 4.74 Å². The van der Waals surface area contributed by atoms with Crippen molar-refractivity contribution in [2.75, 3.05) is 20.3 Å². The van der Waals surface area contributed by atoms with Gasteiger partial charge in [-0.05, 0) is 30.9 Å². The summed E-state index contributed by atoms with van der Waals surface area (Å²) in [7, 11) is 1.61. The van der Waals surface area contributed by atoms with E-state index in [0.717, 1.165) is 37.4 Å². The molecule has 1 fully saturated rings. The van der Waals surface area contributed by atoms with Crippen LogP contribution in [-0.4, -0.2) is 26.1 Å². The highest BCUT2D eigenvalue weighted by atomic mass is 16.5. The molecule has 0 atom stereocenters. The molecule has 1 aromatic carbocycles. The predicted molar refractivity (Wildman–Crippen MR) is 65.5 cm³/mol. The van der Waals surface area contributed by atoms with Crippen LogP contribution in [0.25, 0.3) is 0 Å². The average molecular weight is 234 g/mol. The molecular weight excluding hydrogens is 216 g/mol. The Balaban J connectivity index is 1.98. The molecule has 0 N–H and O–H groups in total. The summed E-state index contributed by atoms with van der Waals surface area (Å²) in [6.07, 6.45) is 2.61. The van der Waals surface area contributed by atoms with Crippen LogP contribution in [0.4, 0.5) is 0 Å². The standard InChI is InChI=1S/C14H18O3/c1-16-13-4-2-3-12(10-13)14(15)9-11-5-7-17-8-6-11/h2-4,10-11H,5-9H2,1H3. The molecule has 0 unspecified atom stereocenters. The molecule has 1 aromatic rings. The number of ether oxygens (including phenoxy) is 2. The van der Waals surface area contributed by atoms with Gasteiger partial charge in [-0.15, -0.1) is 0 Å². The van der Waals surface area contributed by atoms with Crippen LogP contribution in [0.3, 0.4) is 0 Å². The van der Waals surface area contributed by atoms with E-state index in [9.17, 15) is 4.79 Å². The lowest BCUT2D eigenvalue weighted by Gasteiger charge is -2.21. The number of carbonyl (C=O) groups excluding carboxylic acids is 1. The van der Waals surface area contributed by atoms with Crippen LogP contribution in [0, 0.1) is 5.92 Å². The van der Waals surface area contributed by atoms with E-state index in [1.807, 2.05) is 24.3 Å². The smallest absolute Gasteiger partial charge is 0.163 e. The Morgan fingerprint density at radius 2 is 2.18 bits per heavy atom. The first-order valence-electron chi connectivity index (χ1n) is 6.04. The fourth-order valence-electron chi connectivity index (χ4n) is 2.13. The van der Waals surface area contributed by atoms with E-state index in [1.165, 1.54) is 0 Å². The van der Waals surface area contributed by atoms with E-state index in [1.54, 1.807) is 7.11 Å². The summed E-state index contributed by atoms with van der Waals surface area (Å²) in [5.41, 5.74) is 0.746. The van der Waals surface area contributed by atoms with Gasteiger partial charge in [0.2, 0.25) is 0 Å². The van der Waals surface area contributed by atoms with E-state index in [4.69, 9.17) is 9.47 Å². The van der Waals surface area contributed by atoms with Crippen molar-refractivity contribution in [2.24, 2.45) is 5.92 Å². The molecule has 1 aliphatic rings. The van der Waals surface area contributed by atoms with Gasteiger partial charge >= 0.3 is 0 Å². The predicted octanol–water partition coefficient (Wildman–Crippen LogP) is 2.69. The van der Waals surface area contributed by atoms with Gasteiger partial charge in [-0.1, -0.05) is 12.1 Å². The molecule has 3 nitrogen and oxygen atoms in total. The maximum Gasteiger partial charge on any atom is 0.163 e. The van der Waals surface area contributed by atoms with Crippen LogP contribution in [0.15, 0.2) is 24.3 Å². The molecule has 1 heterocycles. The Morgan fingerprint density at radius 3 is 2.88 bits per heavy atom. The molecule has 0 saturated carbocycles. The lowest BCUT2D eigenvalue weighted by Crippen LogP contribution is -2.18. The van der Waals surface area contributed by atoms with Gasteiger partial charge in [0.15, 0.2) is 5.78 Å². The highest BCUT2D eigenvalue weighted by Crippen LogP contribution is 2.22. The van der Waals surface area contributed by atoms with Crippen molar-refractivity contribution in [3.63, 3.8) is 0 Å². The molecule has 17 heavy (non-hydrogen) atoms. The van der Waals surface area contributed by atoms with Crippen LogP contribution in [0.1, 0.15) is 29.6 Å². The molecule has 0 amide bonds. The van der Waals surface area contributed by atoms with E-state index >= 15 is 0 Å². The Hall–Kier alpha value is -1.35. The minimum absolute atomic E-state index is 0.204. The Kier molecular flexibility index (Phi) is 4.15. The SMILES string of the molecule is COc1cccc(C(=O)CC2CCOCC2)c1. The highest BCUT2D eigenvalue weighted by molar-refractivity contribution is 5.96. The quantitative estimate of drug-likeness (QED) is 0.751. The third-order valence-corrected chi connectivity index (χ3v) is 3.21. The lowest BCUT2D eigenvalue weighted by molar-refractivity contribution is 0.0601. The van der Waals surface area contributed by atoms with Crippen LogP contribution >= 0.6 is 0 Å². The van der Waals surface area contributed by atoms with Crippen molar-refractivity contribution >= 4 is 5.78 Å². The Morgan fingerprint density at radius 1 is 1.41 bits per heavy atom. The van der Waals surface area contributed by atoms with Crippen molar-refractivity contribution in [2.45, 2.75) is 19.3 Å². The molecule has 3 heteroatoms. The number of hydrogen-bond donors (Lipinski definition) is 0. The van der Waals surface area contributed by atoms with Gasteiger partial charge in [0.25, 0.3) is 0 Å². The number of hydrogen-bond acceptors (Lipinski definition) is 3. The summed E-state index contributed by atoms with van der Waals surface area (Å²) < 4.78 is 10.4. The van der Waals surface area contributed by atoms with E-state index in [0.29, 0.717) is 12.3 Å². The number of rotatable bonds is 4. The number of methoxy groups -OCH3 is 1. The third-order valence-electron chi connectivity index (χ3n) is 3.21. The van der Waals surface area contributed by atoms with Gasteiger partial charge in [-0.2, -0.15) is 0 Å². The summed E-state index contributed by atoms with van der Waals surface area (Å²) in [5.74, 6) is 1.42. The largest absolute Gasteiger partial charge is 0.497 e. The topological polar surface area (TPSA) is 35.5 Å². The zero-order valence-corrected chi connectivity index (χ0v) is 10.1. The van der Waals surface area contributed by atoms with Crippen molar-refractivity contribution in [1.82, 2.24) is 0 Å². The van der Waals surface area contributed by atoms with E-state index < -0.39 is 0 Å². The summed E-state index contributed by atoms with van der Waals surface area (Å²) in [6, 6.07) is 7.37. The van der Waals surface area contributed by atoms with Gasteiger partial charge < -0.3 is 9.47 Å². The second-order valence-electron chi connectivity index (χ2n) is 4.42. The maximum absolute atomic E-state index is 12.1. The average Bonchev–Trinajstić information content (AvgIpc) is 2.40. The summed E-state index contributed by atoms with van der Waals surface area (Å²) in [6.45, 7) is 1.58. The minimum Gasteiger partial charge on any atom is -0.497 e. The monoisotopic (exact) mass is 234 g/mol. The second kappa shape index (κ2) is 5.82. The summed E-state index contributed by atoms with van der Waals surface area (Å²) in [4.78, 5) is 12.1. The first kappa shape index (κ1) is 12.1. The van der Waals surface area contributed by atoms with Crippen molar-refractivity contribution < 1.29 is 14.3 Å². The number of carbonyl (C=O) groups is 1. The summed E-state index contributed by atoms with van der Waals surface area (Å²) in [5, 5.41) is 0. The van der Waals surface area contributed by atoms with Gasteiger partial charge in [0.05, 0.1) is 7.11 Å². The number of benzene rings is 1. The van der Waals surface area contributed by atoms with Crippen molar-refractivity contribution in [3.8, 4) is 5.75 Å². The first-order valence-corrected chi connectivity index (χ1v) is 6.04. The van der Waals surface area contributed by atoms with Crippen molar-refractivity contribution in [1.29, 1.82) is 0 Å². The molecule has 1 saturated heterocycles. The van der Waals surface area contributed by atoms with Crippen molar-refractivity contribution in [3.05, 3.63) is 29.8 Å². The molecule has 0 spiro atoms. The normalized spacial score (nSPS) is 16.8.